The van der Waals surface area contributed by atoms with Crippen LogP contribution in [0.4, 0.5) is 0 Å². The van der Waals surface area contributed by atoms with Gasteiger partial charge >= 0.3 is 0 Å². The first kappa shape index (κ1) is 18.3. The van der Waals surface area contributed by atoms with Crippen molar-refractivity contribution >= 4 is 11.7 Å². The van der Waals surface area contributed by atoms with Crippen LogP contribution in [0.25, 0.3) is 5.78 Å². The van der Waals surface area contributed by atoms with E-state index in [0.717, 1.165) is 31.5 Å². The fraction of sp³-hybridized carbons (Fsp3) is 0.409. The van der Waals surface area contributed by atoms with Crippen molar-refractivity contribution in [3.05, 3.63) is 65.2 Å². The lowest BCUT2D eigenvalue weighted by Crippen LogP contribution is -2.56. The highest BCUT2D eigenvalue weighted by molar-refractivity contribution is 5.92. The molecule has 0 bridgehead atoms. The molecule has 1 saturated heterocycles. The molecule has 2 aromatic heterocycles. The molecular formula is C22H25N5O2. The Morgan fingerprint density at radius 2 is 2.00 bits per heavy atom. The number of hydrogen-bond acceptors (Lipinski definition) is 5. The number of nitrogens with zero attached hydrogens (tertiary/aromatic N) is 5. The van der Waals surface area contributed by atoms with Crippen LogP contribution in [0.3, 0.4) is 0 Å². The van der Waals surface area contributed by atoms with Gasteiger partial charge in [-0.3, -0.25) is 14.1 Å². The summed E-state index contributed by atoms with van der Waals surface area (Å²) in [6.07, 6.45) is 6.58. The molecule has 2 aliphatic rings. The van der Waals surface area contributed by atoms with Gasteiger partial charge in [0.25, 0.3) is 5.91 Å². The number of carbonyl (C=O) groups excluding carboxylic acids is 1. The van der Waals surface area contributed by atoms with Crippen LogP contribution in [0.5, 0.6) is 0 Å². The van der Waals surface area contributed by atoms with Crippen molar-refractivity contribution < 1.29 is 9.90 Å². The Hall–Kier alpha value is -2.77. The maximum Gasteiger partial charge on any atom is 0.274 e. The average molecular weight is 391 g/mol. The highest BCUT2D eigenvalue weighted by Crippen LogP contribution is 2.25. The number of aliphatic hydroxyl groups is 1. The largest absolute Gasteiger partial charge is 0.390 e. The third-order valence-electron chi connectivity index (χ3n) is 6.12. The number of amides is 1. The molecule has 1 aromatic carbocycles. The van der Waals surface area contributed by atoms with Gasteiger partial charge in [0.15, 0.2) is 0 Å². The fourth-order valence-electron chi connectivity index (χ4n) is 4.58. The van der Waals surface area contributed by atoms with E-state index in [-0.39, 0.29) is 11.9 Å². The fourth-order valence-corrected chi connectivity index (χ4v) is 4.58. The molecule has 3 aromatic rings. The Morgan fingerprint density at radius 3 is 2.83 bits per heavy atom. The predicted octanol–water partition coefficient (Wildman–Crippen LogP) is 1.67. The summed E-state index contributed by atoms with van der Waals surface area (Å²) in [6, 6.07) is 8.61. The van der Waals surface area contributed by atoms with Gasteiger partial charge in [0.2, 0.25) is 5.78 Å². The zero-order valence-corrected chi connectivity index (χ0v) is 16.5. The maximum atomic E-state index is 12.9. The lowest BCUT2D eigenvalue weighted by Gasteiger charge is -2.43. The number of rotatable bonds is 2. The molecule has 2 aliphatic heterocycles. The van der Waals surface area contributed by atoms with Crippen molar-refractivity contribution in [1.82, 2.24) is 24.2 Å². The van der Waals surface area contributed by atoms with Gasteiger partial charge in [0.05, 0.1) is 6.10 Å². The lowest BCUT2D eigenvalue weighted by molar-refractivity contribution is -0.0139. The second kappa shape index (κ2) is 7.24. The molecule has 1 amide bonds. The molecule has 1 fully saturated rings. The molecule has 7 nitrogen and oxygen atoms in total. The van der Waals surface area contributed by atoms with E-state index in [1.807, 2.05) is 13.1 Å². The molecule has 29 heavy (non-hydrogen) atoms. The van der Waals surface area contributed by atoms with Gasteiger partial charge in [0.1, 0.15) is 5.69 Å². The lowest BCUT2D eigenvalue weighted by atomic mass is 9.94. The minimum absolute atomic E-state index is 0.0813. The minimum atomic E-state index is -0.560. The Labute approximate surface area is 169 Å². The van der Waals surface area contributed by atoms with E-state index in [0.29, 0.717) is 24.6 Å². The smallest absolute Gasteiger partial charge is 0.274 e. The first-order chi connectivity index (χ1) is 14.1. The highest BCUT2D eigenvalue weighted by atomic mass is 16.3. The SMILES string of the molecule is Cc1cnc2nc(C(=O)N3CC[C@H](N4CCc5ccccc5C4)[C@@H](O)C3)cn2c1. The van der Waals surface area contributed by atoms with Crippen molar-refractivity contribution in [3.8, 4) is 0 Å². The van der Waals surface area contributed by atoms with E-state index in [2.05, 4.69) is 39.1 Å². The number of piperidine rings is 1. The summed E-state index contributed by atoms with van der Waals surface area (Å²) in [7, 11) is 0. The van der Waals surface area contributed by atoms with Crippen LogP contribution < -0.4 is 0 Å². The summed E-state index contributed by atoms with van der Waals surface area (Å²) in [6.45, 7) is 4.72. The zero-order chi connectivity index (χ0) is 20.0. The van der Waals surface area contributed by atoms with Crippen molar-refractivity contribution in [2.24, 2.45) is 0 Å². The van der Waals surface area contributed by atoms with Gasteiger partial charge in [-0.2, -0.15) is 0 Å². The number of carbonyl (C=O) groups is 1. The number of hydrogen-bond donors (Lipinski definition) is 1. The van der Waals surface area contributed by atoms with E-state index in [1.165, 1.54) is 11.1 Å². The quantitative estimate of drug-likeness (QED) is 0.719. The number of β-amino-alcohol motifs (C(OH)–C–C–N with tert-alkyl or cyclic N) is 1. The van der Waals surface area contributed by atoms with E-state index < -0.39 is 6.10 Å². The summed E-state index contributed by atoms with van der Waals surface area (Å²) in [5, 5.41) is 10.8. The van der Waals surface area contributed by atoms with Crippen molar-refractivity contribution in [2.45, 2.75) is 38.5 Å². The molecule has 0 aliphatic carbocycles. The number of aliphatic hydroxyl groups excluding tert-OH is 1. The number of likely N-dealkylation sites (tertiary alicyclic amines) is 1. The second-order valence-corrected chi connectivity index (χ2v) is 8.13. The zero-order valence-electron chi connectivity index (χ0n) is 16.5. The van der Waals surface area contributed by atoms with Gasteiger partial charge in [-0.25, -0.2) is 9.97 Å². The molecule has 150 valence electrons. The Balaban J connectivity index is 1.27. The van der Waals surface area contributed by atoms with Crippen LogP contribution in [0.2, 0.25) is 0 Å². The number of aryl methyl sites for hydroxylation is 1. The molecule has 0 radical (unpaired) electrons. The molecule has 0 saturated carbocycles. The molecule has 0 unspecified atom stereocenters. The third kappa shape index (κ3) is 3.41. The van der Waals surface area contributed by atoms with Gasteiger partial charge < -0.3 is 10.0 Å². The Kier molecular flexibility index (Phi) is 4.56. The van der Waals surface area contributed by atoms with Gasteiger partial charge in [-0.1, -0.05) is 24.3 Å². The normalized spacial score (nSPS) is 22.6. The topological polar surface area (TPSA) is 74.0 Å². The summed E-state index contributed by atoms with van der Waals surface area (Å²) in [5.41, 5.74) is 4.13. The summed E-state index contributed by atoms with van der Waals surface area (Å²) >= 11 is 0. The molecule has 2 atom stereocenters. The van der Waals surface area contributed by atoms with Gasteiger partial charge in [-0.15, -0.1) is 0 Å². The van der Waals surface area contributed by atoms with Crippen LogP contribution in [0.15, 0.2) is 42.9 Å². The number of fused-ring (bicyclic) bond motifs is 2. The van der Waals surface area contributed by atoms with Crippen molar-refractivity contribution in [1.29, 1.82) is 0 Å². The van der Waals surface area contributed by atoms with E-state index in [4.69, 9.17) is 0 Å². The number of benzene rings is 1. The summed E-state index contributed by atoms with van der Waals surface area (Å²) in [5.74, 6) is 0.371. The molecule has 4 heterocycles. The summed E-state index contributed by atoms with van der Waals surface area (Å²) in [4.78, 5) is 25.6. The maximum absolute atomic E-state index is 12.9. The van der Waals surface area contributed by atoms with E-state index >= 15 is 0 Å². The predicted molar refractivity (Wildman–Crippen MR) is 109 cm³/mol. The second-order valence-electron chi connectivity index (χ2n) is 8.13. The van der Waals surface area contributed by atoms with E-state index in [9.17, 15) is 9.90 Å². The van der Waals surface area contributed by atoms with Crippen molar-refractivity contribution in [2.75, 3.05) is 19.6 Å². The van der Waals surface area contributed by atoms with E-state index in [1.54, 1.807) is 21.7 Å². The van der Waals surface area contributed by atoms with Crippen LogP contribution in [0, 0.1) is 6.92 Å². The average Bonchev–Trinajstić information content (AvgIpc) is 3.16. The monoisotopic (exact) mass is 391 g/mol. The molecule has 7 heteroatoms. The van der Waals surface area contributed by atoms with Crippen LogP contribution in [-0.4, -0.2) is 67.0 Å². The molecule has 1 N–H and O–H groups in total. The Bertz CT molecular complexity index is 1060. The molecular weight excluding hydrogens is 366 g/mol. The summed E-state index contributed by atoms with van der Waals surface area (Å²) < 4.78 is 1.77. The highest BCUT2D eigenvalue weighted by Gasteiger charge is 2.35. The molecule has 0 spiro atoms. The first-order valence-electron chi connectivity index (χ1n) is 10.2. The molecule has 5 rings (SSSR count). The first-order valence-corrected chi connectivity index (χ1v) is 10.2. The standard InChI is InChI=1S/C22H25N5O2/c1-15-10-23-22-24-18(13-27(22)11-15)21(29)26-9-7-19(20(28)14-26)25-8-6-16-4-2-3-5-17(16)12-25/h2-5,10-11,13,19-20,28H,6-9,12,14H2,1H3/t19-,20-/m0/s1. The number of imidazole rings is 1. The Morgan fingerprint density at radius 1 is 1.17 bits per heavy atom. The van der Waals surface area contributed by atoms with Gasteiger partial charge in [0, 0.05) is 50.8 Å². The number of aromatic nitrogens is 3. The third-order valence-corrected chi connectivity index (χ3v) is 6.12. The van der Waals surface area contributed by atoms with Crippen LogP contribution in [0.1, 0.15) is 33.6 Å². The van der Waals surface area contributed by atoms with Crippen LogP contribution in [-0.2, 0) is 13.0 Å². The minimum Gasteiger partial charge on any atom is -0.390 e. The van der Waals surface area contributed by atoms with Crippen molar-refractivity contribution in [3.63, 3.8) is 0 Å². The van der Waals surface area contributed by atoms with Gasteiger partial charge in [-0.05, 0) is 36.5 Å². The van der Waals surface area contributed by atoms with Crippen LogP contribution >= 0.6 is 0 Å².